The minimum absolute atomic E-state index is 0.585. The van der Waals surface area contributed by atoms with Gasteiger partial charge in [-0.1, -0.05) is 30.3 Å². The van der Waals surface area contributed by atoms with Crippen molar-refractivity contribution in [2.75, 3.05) is 0 Å². The Morgan fingerprint density at radius 1 is 1.05 bits per heavy atom. The number of hydrogen-bond acceptors (Lipinski definition) is 0. The van der Waals surface area contributed by atoms with E-state index in [9.17, 15) is 13.2 Å². The van der Waals surface area contributed by atoms with Crippen LogP contribution in [0, 0.1) is 0 Å². The van der Waals surface area contributed by atoms with Crippen LogP contribution in [-0.4, -0.2) is 6.18 Å². The van der Waals surface area contributed by atoms with Gasteiger partial charge in [-0.25, -0.2) is 0 Å². The summed E-state index contributed by atoms with van der Waals surface area (Å²) in [6, 6.07) is 9.47. The smallest absolute Gasteiger partial charge is 0.171 e. The van der Waals surface area contributed by atoms with Gasteiger partial charge in [-0.3, -0.25) is 0 Å². The van der Waals surface area contributed by atoms with Gasteiger partial charge in [-0.2, -0.15) is 13.2 Å². The lowest BCUT2D eigenvalue weighted by Gasteiger charge is -2.15. The molecule has 0 saturated heterocycles. The molecule has 1 atom stereocenters. The molecule has 2 aromatic rings. The van der Waals surface area contributed by atoms with Gasteiger partial charge in [0.05, 0.1) is 11.8 Å². The summed E-state index contributed by atoms with van der Waals surface area (Å²) in [6.45, 7) is 0. The molecule has 0 fully saturated rings. The SMILES string of the molecule is FC(F)(F)CC(Cl)c1ccc2c3c(cccc13)CC2. The first kappa shape index (κ1) is 12.8. The fourth-order valence-corrected chi connectivity index (χ4v) is 3.22. The molecular formula is C15H12ClF3. The zero-order valence-electron chi connectivity index (χ0n) is 10.1. The van der Waals surface area contributed by atoms with Gasteiger partial charge in [0, 0.05) is 0 Å². The summed E-state index contributed by atoms with van der Waals surface area (Å²) in [5.74, 6) is 0. The van der Waals surface area contributed by atoms with Crippen molar-refractivity contribution < 1.29 is 13.2 Å². The van der Waals surface area contributed by atoms with Crippen LogP contribution in [0.2, 0.25) is 0 Å². The molecule has 0 radical (unpaired) electrons. The van der Waals surface area contributed by atoms with Crippen LogP contribution in [0.25, 0.3) is 10.8 Å². The third-order valence-corrected chi connectivity index (χ3v) is 4.05. The van der Waals surface area contributed by atoms with E-state index in [1.54, 1.807) is 6.07 Å². The Bertz CT molecular complexity index is 621. The maximum absolute atomic E-state index is 12.5. The molecule has 0 amide bonds. The largest absolute Gasteiger partial charge is 0.390 e. The molecule has 4 heteroatoms. The van der Waals surface area contributed by atoms with Gasteiger partial charge in [0.15, 0.2) is 0 Å². The van der Waals surface area contributed by atoms with E-state index in [1.165, 1.54) is 11.1 Å². The van der Waals surface area contributed by atoms with E-state index in [4.69, 9.17) is 11.6 Å². The molecule has 19 heavy (non-hydrogen) atoms. The molecule has 1 unspecified atom stereocenters. The van der Waals surface area contributed by atoms with E-state index in [-0.39, 0.29) is 0 Å². The van der Waals surface area contributed by atoms with Crippen molar-refractivity contribution in [2.24, 2.45) is 0 Å². The highest BCUT2D eigenvalue weighted by molar-refractivity contribution is 6.22. The molecule has 0 spiro atoms. The first-order chi connectivity index (χ1) is 8.96. The van der Waals surface area contributed by atoms with E-state index in [0.717, 1.165) is 23.6 Å². The highest BCUT2D eigenvalue weighted by Crippen LogP contribution is 2.40. The zero-order chi connectivity index (χ0) is 13.6. The molecule has 1 aliphatic carbocycles. The second-order valence-electron chi connectivity index (χ2n) is 4.94. The number of hydrogen-bond donors (Lipinski definition) is 0. The minimum atomic E-state index is -4.24. The van der Waals surface area contributed by atoms with E-state index in [0.29, 0.717) is 5.56 Å². The standard InChI is InChI=1S/C15H12ClF3/c16-13(8-15(17,18)19)11-7-6-10-5-4-9-2-1-3-12(11)14(9)10/h1-3,6-7,13H,4-5,8H2. The first-order valence-electron chi connectivity index (χ1n) is 6.20. The van der Waals surface area contributed by atoms with Crippen molar-refractivity contribution in [3.05, 3.63) is 47.0 Å². The van der Waals surface area contributed by atoms with Gasteiger partial charge in [0.2, 0.25) is 0 Å². The summed E-state index contributed by atoms with van der Waals surface area (Å²) in [5.41, 5.74) is 3.01. The van der Waals surface area contributed by atoms with E-state index >= 15 is 0 Å². The topological polar surface area (TPSA) is 0 Å². The summed E-state index contributed by atoms with van der Waals surface area (Å²) < 4.78 is 37.4. The lowest BCUT2D eigenvalue weighted by atomic mass is 9.97. The quantitative estimate of drug-likeness (QED) is 0.667. The minimum Gasteiger partial charge on any atom is -0.171 e. The number of benzene rings is 2. The highest BCUT2D eigenvalue weighted by Gasteiger charge is 2.32. The normalized spacial score (nSPS) is 16.0. The number of rotatable bonds is 2. The van der Waals surface area contributed by atoms with Crippen molar-refractivity contribution in [3.8, 4) is 0 Å². The van der Waals surface area contributed by atoms with E-state index in [1.807, 2.05) is 24.3 Å². The van der Waals surface area contributed by atoms with Gasteiger partial charge in [0.1, 0.15) is 0 Å². The Hall–Kier alpha value is -1.22. The Kier molecular flexibility index (Phi) is 2.97. The molecule has 0 heterocycles. The molecule has 0 saturated carbocycles. The Morgan fingerprint density at radius 2 is 1.74 bits per heavy atom. The Labute approximate surface area is 114 Å². The van der Waals surface area contributed by atoms with Crippen LogP contribution in [0.4, 0.5) is 13.2 Å². The second-order valence-corrected chi connectivity index (χ2v) is 5.47. The average Bonchev–Trinajstić information content (AvgIpc) is 2.73. The van der Waals surface area contributed by atoms with E-state index < -0.39 is 18.0 Å². The van der Waals surface area contributed by atoms with Crippen LogP contribution in [0.1, 0.15) is 28.5 Å². The monoisotopic (exact) mass is 284 g/mol. The fraction of sp³-hybridized carbons (Fsp3) is 0.333. The van der Waals surface area contributed by atoms with Crippen LogP contribution in [0.3, 0.4) is 0 Å². The predicted molar refractivity (Wildman–Crippen MR) is 70.6 cm³/mol. The maximum Gasteiger partial charge on any atom is 0.390 e. The third kappa shape index (κ3) is 2.32. The van der Waals surface area contributed by atoms with Gasteiger partial charge in [-0.05, 0) is 40.3 Å². The molecule has 100 valence electrons. The molecule has 1 aliphatic rings. The van der Waals surface area contributed by atoms with Crippen molar-refractivity contribution in [1.29, 1.82) is 0 Å². The van der Waals surface area contributed by atoms with Crippen LogP contribution in [0.5, 0.6) is 0 Å². The fourth-order valence-electron chi connectivity index (χ4n) is 2.86. The molecule has 0 N–H and O–H groups in total. The van der Waals surface area contributed by atoms with Crippen LogP contribution in [-0.2, 0) is 12.8 Å². The summed E-state index contributed by atoms with van der Waals surface area (Å²) >= 11 is 5.97. The number of alkyl halides is 4. The second kappa shape index (κ2) is 4.41. The van der Waals surface area contributed by atoms with Gasteiger partial charge >= 0.3 is 6.18 Å². The molecule has 0 aliphatic heterocycles. The highest BCUT2D eigenvalue weighted by atomic mass is 35.5. The van der Waals surface area contributed by atoms with Crippen LogP contribution in [0.15, 0.2) is 30.3 Å². The predicted octanol–water partition coefficient (Wildman–Crippen LogP) is 5.17. The molecule has 2 aromatic carbocycles. The van der Waals surface area contributed by atoms with Crippen LogP contribution < -0.4 is 0 Å². The van der Waals surface area contributed by atoms with Crippen LogP contribution >= 0.6 is 11.6 Å². The first-order valence-corrected chi connectivity index (χ1v) is 6.63. The number of aryl methyl sites for hydroxylation is 2. The lowest BCUT2D eigenvalue weighted by Crippen LogP contribution is -2.11. The van der Waals surface area contributed by atoms with Gasteiger partial charge in [-0.15, -0.1) is 11.6 Å². The van der Waals surface area contributed by atoms with Crippen molar-refractivity contribution in [3.63, 3.8) is 0 Å². The number of halogens is 4. The Balaban J connectivity index is 2.11. The van der Waals surface area contributed by atoms with Crippen molar-refractivity contribution >= 4 is 22.4 Å². The Morgan fingerprint density at radius 3 is 2.42 bits per heavy atom. The zero-order valence-corrected chi connectivity index (χ0v) is 10.9. The van der Waals surface area contributed by atoms with Crippen molar-refractivity contribution in [2.45, 2.75) is 30.8 Å². The molecule has 0 bridgehead atoms. The maximum atomic E-state index is 12.5. The van der Waals surface area contributed by atoms with Gasteiger partial charge < -0.3 is 0 Å². The molecule has 0 nitrogen and oxygen atoms in total. The summed E-state index contributed by atoms with van der Waals surface area (Å²) in [4.78, 5) is 0. The average molecular weight is 285 g/mol. The molecule has 3 rings (SSSR count). The molecular weight excluding hydrogens is 273 g/mol. The summed E-state index contributed by atoms with van der Waals surface area (Å²) in [7, 11) is 0. The molecule has 0 aromatic heterocycles. The third-order valence-electron chi connectivity index (χ3n) is 3.66. The van der Waals surface area contributed by atoms with Crippen molar-refractivity contribution in [1.82, 2.24) is 0 Å². The summed E-state index contributed by atoms with van der Waals surface area (Å²) in [6.07, 6.45) is -3.31. The van der Waals surface area contributed by atoms with E-state index in [2.05, 4.69) is 0 Å². The van der Waals surface area contributed by atoms with Gasteiger partial charge in [0.25, 0.3) is 0 Å². The summed E-state index contributed by atoms with van der Waals surface area (Å²) in [5, 5.41) is 0.953. The lowest BCUT2D eigenvalue weighted by molar-refractivity contribution is -0.134.